The van der Waals surface area contributed by atoms with Crippen LogP contribution in [-0.4, -0.2) is 59.3 Å². The number of nitrogens with one attached hydrogen (secondary N) is 1. The van der Waals surface area contributed by atoms with E-state index >= 15 is 0 Å². The van der Waals surface area contributed by atoms with Crippen LogP contribution in [-0.2, 0) is 27.1 Å². The molecule has 3 aromatic carbocycles. The molecule has 44 heavy (non-hydrogen) atoms. The molecule has 228 valence electrons. The van der Waals surface area contributed by atoms with Crippen LogP contribution in [0.2, 0.25) is 10.0 Å². The summed E-state index contributed by atoms with van der Waals surface area (Å²) in [6.07, 6.45) is -3.28. The fourth-order valence-corrected chi connectivity index (χ4v) is 5.54. The Morgan fingerprint density at radius 1 is 1.07 bits per heavy atom. The van der Waals surface area contributed by atoms with Crippen molar-refractivity contribution in [2.75, 3.05) is 13.7 Å². The molecule has 0 bridgehead atoms. The quantitative estimate of drug-likeness (QED) is 0.213. The number of carbonyl (C=O) groups excluding carboxylic acids is 4. The van der Waals surface area contributed by atoms with Crippen molar-refractivity contribution in [1.82, 2.24) is 15.2 Å². The molecule has 1 unspecified atom stereocenters. The molecular formula is C30H23Cl2F3N4O5. The van der Waals surface area contributed by atoms with Crippen LogP contribution in [0.3, 0.4) is 0 Å². The molecule has 5 rings (SSSR count). The second kappa shape index (κ2) is 12.3. The number of alkyl halides is 3. The highest BCUT2D eigenvalue weighted by molar-refractivity contribution is 6.39. The zero-order valence-electron chi connectivity index (χ0n) is 23.0. The molecule has 1 saturated heterocycles. The first kappa shape index (κ1) is 31.0. The van der Waals surface area contributed by atoms with Gasteiger partial charge in [0.1, 0.15) is 11.8 Å². The van der Waals surface area contributed by atoms with E-state index in [2.05, 4.69) is 10.5 Å². The van der Waals surface area contributed by atoms with E-state index in [4.69, 9.17) is 27.9 Å². The fraction of sp³-hybridized carbons (Fsp3) is 0.233. The molecule has 9 nitrogen and oxygen atoms in total. The summed E-state index contributed by atoms with van der Waals surface area (Å²) in [6, 6.07) is 13.3. The number of benzene rings is 3. The number of likely N-dealkylation sites (tertiary alicyclic amines) is 1. The van der Waals surface area contributed by atoms with Gasteiger partial charge in [-0.05, 0) is 59.5 Å². The number of rotatable bonds is 7. The molecule has 1 atom stereocenters. The molecule has 2 heterocycles. The van der Waals surface area contributed by atoms with E-state index in [9.17, 15) is 32.3 Å². The number of fused-ring (bicyclic) bond motifs is 1. The average Bonchev–Trinajstić information content (AvgIpc) is 3.31. The lowest BCUT2D eigenvalue weighted by Crippen LogP contribution is -2.53. The van der Waals surface area contributed by atoms with Gasteiger partial charge in [-0.15, -0.1) is 0 Å². The van der Waals surface area contributed by atoms with Gasteiger partial charge in [-0.1, -0.05) is 41.4 Å². The largest absolute Gasteiger partial charge is 0.484 e. The van der Waals surface area contributed by atoms with Crippen LogP contribution < -0.4 is 10.2 Å². The number of amides is 4. The zero-order valence-corrected chi connectivity index (χ0v) is 24.5. The van der Waals surface area contributed by atoms with Crippen LogP contribution in [0.4, 0.5) is 13.2 Å². The van der Waals surface area contributed by atoms with Gasteiger partial charge in [0.15, 0.2) is 6.61 Å². The van der Waals surface area contributed by atoms with Gasteiger partial charge in [0.2, 0.25) is 5.91 Å². The second-order valence-corrected chi connectivity index (χ2v) is 10.9. The monoisotopic (exact) mass is 646 g/mol. The van der Waals surface area contributed by atoms with Crippen LogP contribution >= 0.6 is 23.2 Å². The number of imide groups is 1. The minimum Gasteiger partial charge on any atom is -0.484 e. The van der Waals surface area contributed by atoms with Crippen LogP contribution in [0.5, 0.6) is 5.75 Å². The highest BCUT2D eigenvalue weighted by atomic mass is 35.5. The van der Waals surface area contributed by atoms with E-state index in [1.807, 2.05) is 6.07 Å². The number of nitrogens with zero attached hydrogens (tertiary/aromatic N) is 3. The summed E-state index contributed by atoms with van der Waals surface area (Å²) < 4.78 is 44.7. The maximum atomic E-state index is 13.1. The van der Waals surface area contributed by atoms with Gasteiger partial charge >= 0.3 is 6.18 Å². The van der Waals surface area contributed by atoms with Crippen molar-refractivity contribution < 1.29 is 37.1 Å². The minimum absolute atomic E-state index is 0.0746. The SMILES string of the molecule is CN1C(=O)CCC(N2Cc3cc(-c4ccc(OCC(=O)N/N=C/c5c(Cl)ccc(C(F)(F)F)c5Cl)cc4)ccc3C2=O)C1=O. The van der Waals surface area contributed by atoms with Crippen LogP contribution in [0.1, 0.15) is 39.9 Å². The third-order valence-electron chi connectivity index (χ3n) is 7.31. The van der Waals surface area contributed by atoms with Crippen molar-refractivity contribution in [2.24, 2.45) is 5.10 Å². The molecule has 1 N–H and O–H groups in total. The van der Waals surface area contributed by atoms with E-state index < -0.39 is 35.3 Å². The van der Waals surface area contributed by atoms with Crippen molar-refractivity contribution >= 4 is 53.0 Å². The first-order chi connectivity index (χ1) is 20.8. The van der Waals surface area contributed by atoms with E-state index in [1.165, 1.54) is 11.9 Å². The van der Waals surface area contributed by atoms with Crippen molar-refractivity contribution in [3.63, 3.8) is 0 Å². The van der Waals surface area contributed by atoms with Crippen molar-refractivity contribution in [3.05, 3.63) is 86.9 Å². The van der Waals surface area contributed by atoms with E-state index in [0.717, 1.165) is 39.9 Å². The van der Waals surface area contributed by atoms with Crippen LogP contribution in [0.15, 0.2) is 59.7 Å². The standard InChI is InChI=1S/C30H23Cl2F3N4O5/c1-38-26(41)11-10-24(29(38)43)39-14-18-12-17(4-7-20(18)28(39)42)16-2-5-19(6-3-16)44-15-25(40)37-36-13-21-23(31)9-8-22(27(21)32)30(33,34)35/h2-9,12-13,24H,10-11,14-15H2,1H3,(H,37,40)/b36-13+. The fourth-order valence-electron chi connectivity index (χ4n) is 4.96. The Bertz CT molecular complexity index is 1700. The molecule has 0 aromatic heterocycles. The van der Waals surface area contributed by atoms with Crippen molar-refractivity contribution in [3.8, 4) is 16.9 Å². The Morgan fingerprint density at radius 3 is 2.48 bits per heavy atom. The first-order valence-corrected chi connectivity index (χ1v) is 14.0. The molecule has 4 amide bonds. The van der Waals surface area contributed by atoms with E-state index in [1.54, 1.807) is 36.4 Å². The molecule has 0 radical (unpaired) electrons. The molecular weight excluding hydrogens is 624 g/mol. The van der Waals surface area contributed by atoms with Gasteiger partial charge in [-0.2, -0.15) is 18.3 Å². The maximum absolute atomic E-state index is 13.1. The summed E-state index contributed by atoms with van der Waals surface area (Å²) in [5.41, 5.74) is 3.78. The Balaban J connectivity index is 1.18. The molecule has 0 saturated carbocycles. The molecule has 1 fully saturated rings. The van der Waals surface area contributed by atoms with Gasteiger partial charge in [-0.25, -0.2) is 5.43 Å². The Labute approximate surface area is 259 Å². The summed E-state index contributed by atoms with van der Waals surface area (Å²) >= 11 is 11.8. The average molecular weight is 647 g/mol. The summed E-state index contributed by atoms with van der Waals surface area (Å²) in [5, 5.41) is 2.91. The second-order valence-electron chi connectivity index (χ2n) is 10.1. The predicted octanol–water partition coefficient (Wildman–Crippen LogP) is 5.31. The van der Waals surface area contributed by atoms with Gasteiger partial charge in [0.25, 0.3) is 17.7 Å². The lowest BCUT2D eigenvalue weighted by atomic mass is 10.0. The molecule has 3 aromatic rings. The lowest BCUT2D eigenvalue weighted by Gasteiger charge is -2.33. The number of carbonyl (C=O) groups is 4. The molecule has 2 aliphatic rings. The number of hydrogen-bond acceptors (Lipinski definition) is 6. The summed E-state index contributed by atoms with van der Waals surface area (Å²) in [5.74, 6) is -1.20. The first-order valence-electron chi connectivity index (χ1n) is 13.2. The number of hydrogen-bond donors (Lipinski definition) is 1. The lowest BCUT2D eigenvalue weighted by molar-refractivity contribution is -0.150. The minimum atomic E-state index is -4.69. The zero-order chi connectivity index (χ0) is 31.8. The molecule has 0 aliphatic carbocycles. The Morgan fingerprint density at radius 2 is 1.77 bits per heavy atom. The predicted molar refractivity (Wildman–Crippen MR) is 155 cm³/mol. The number of ether oxygens (including phenoxy) is 1. The summed E-state index contributed by atoms with van der Waals surface area (Å²) in [4.78, 5) is 52.2. The third-order valence-corrected chi connectivity index (χ3v) is 8.04. The van der Waals surface area contributed by atoms with Gasteiger partial charge in [-0.3, -0.25) is 24.1 Å². The molecule has 2 aliphatic heterocycles. The molecule has 14 heteroatoms. The summed E-state index contributed by atoms with van der Waals surface area (Å²) in [6.45, 7) is -0.177. The van der Waals surface area contributed by atoms with Crippen LogP contribution in [0, 0.1) is 0 Å². The Kier molecular flexibility index (Phi) is 8.66. The topological polar surface area (TPSA) is 108 Å². The number of likely N-dealkylation sites (N-methyl/N-ethyl adjacent to an activating group) is 1. The normalized spacial score (nSPS) is 17.0. The highest BCUT2D eigenvalue weighted by Gasteiger charge is 2.41. The maximum Gasteiger partial charge on any atom is 0.417 e. The summed E-state index contributed by atoms with van der Waals surface area (Å²) in [7, 11) is 1.42. The number of halogens is 5. The van der Waals surface area contributed by atoms with Crippen LogP contribution in [0.25, 0.3) is 11.1 Å². The highest BCUT2D eigenvalue weighted by Crippen LogP contribution is 2.38. The third kappa shape index (κ3) is 6.27. The van der Waals surface area contributed by atoms with E-state index in [0.29, 0.717) is 17.7 Å². The Hall–Kier alpha value is -4.42. The number of piperidine rings is 1. The van der Waals surface area contributed by atoms with Gasteiger partial charge in [0.05, 0.1) is 21.8 Å². The number of hydrazone groups is 1. The van der Waals surface area contributed by atoms with Crippen molar-refractivity contribution in [2.45, 2.75) is 31.6 Å². The van der Waals surface area contributed by atoms with Gasteiger partial charge in [0, 0.05) is 31.1 Å². The van der Waals surface area contributed by atoms with E-state index in [-0.39, 0.29) is 41.3 Å². The van der Waals surface area contributed by atoms with Gasteiger partial charge < -0.3 is 9.64 Å². The smallest absolute Gasteiger partial charge is 0.417 e. The molecule has 0 spiro atoms. The van der Waals surface area contributed by atoms with Crippen molar-refractivity contribution in [1.29, 1.82) is 0 Å².